The normalized spacial score (nSPS) is 14.0. The van der Waals surface area contributed by atoms with Crippen molar-refractivity contribution in [3.05, 3.63) is 68.6 Å². The van der Waals surface area contributed by atoms with E-state index in [1.165, 1.54) is 0 Å². The lowest BCUT2D eigenvalue weighted by Gasteiger charge is -2.22. The monoisotopic (exact) mass is 457 g/mol. The van der Waals surface area contributed by atoms with Gasteiger partial charge in [-0.3, -0.25) is 14.4 Å². The highest BCUT2D eigenvalue weighted by Gasteiger charge is 2.25. The first-order valence-corrected chi connectivity index (χ1v) is 11.7. The molecule has 0 unspecified atom stereocenters. The molecule has 1 N–H and O–H groups in total. The summed E-state index contributed by atoms with van der Waals surface area (Å²) >= 11 is 5.91. The molecule has 1 aliphatic carbocycles. The number of nitrogens with one attached hydrogen (secondary N) is 1. The molecule has 0 aliphatic heterocycles. The highest BCUT2D eigenvalue weighted by atomic mass is 35.5. The lowest BCUT2D eigenvalue weighted by atomic mass is 10.1. The summed E-state index contributed by atoms with van der Waals surface area (Å²) in [5.74, 6) is -0.511. The highest BCUT2D eigenvalue weighted by Crippen LogP contribution is 2.29. The molecule has 6 nitrogen and oxygen atoms in total. The van der Waals surface area contributed by atoms with Gasteiger partial charge < -0.3 is 14.8 Å². The Labute approximate surface area is 194 Å². The number of nitrogens with zero attached hydrogens (tertiary/aromatic N) is 2. The smallest absolute Gasteiger partial charge is 0.259 e. The molecule has 3 rings (SSSR count). The number of benzene rings is 1. The van der Waals surface area contributed by atoms with Crippen molar-refractivity contribution in [3.63, 3.8) is 0 Å². The van der Waals surface area contributed by atoms with E-state index in [2.05, 4.69) is 5.32 Å². The molecule has 0 atom stereocenters. The third-order valence-corrected chi connectivity index (χ3v) is 6.12. The van der Waals surface area contributed by atoms with E-state index in [4.69, 9.17) is 11.6 Å². The average Bonchev–Trinajstić information content (AvgIpc) is 3.29. The van der Waals surface area contributed by atoms with E-state index in [1.54, 1.807) is 24.3 Å². The first-order chi connectivity index (χ1) is 15.3. The summed E-state index contributed by atoms with van der Waals surface area (Å²) in [5.41, 5.74) is 0.614. The lowest BCUT2D eigenvalue weighted by Crippen LogP contribution is -2.38. The van der Waals surface area contributed by atoms with Crippen LogP contribution in [0.15, 0.2) is 41.5 Å². The van der Waals surface area contributed by atoms with Gasteiger partial charge in [-0.2, -0.15) is 0 Å². The van der Waals surface area contributed by atoms with E-state index in [0.29, 0.717) is 24.5 Å². The topological polar surface area (TPSA) is 71.4 Å². The van der Waals surface area contributed by atoms with Crippen molar-refractivity contribution in [2.45, 2.75) is 52.0 Å². The summed E-state index contributed by atoms with van der Waals surface area (Å²) < 4.78 is 1.90. The number of halogens is 1. The molecule has 0 radical (unpaired) electrons. The van der Waals surface area contributed by atoms with Crippen molar-refractivity contribution in [3.8, 4) is 0 Å². The van der Waals surface area contributed by atoms with E-state index in [1.807, 2.05) is 42.7 Å². The molecule has 32 heavy (non-hydrogen) atoms. The van der Waals surface area contributed by atoms with Crippen molar-refractivity contribution in [2.75, 3.05) is 20.1 Å². The number of hydrogen-bond acceptors (Lipinski definition) is 3. The molecule has 1 heterocycles. The minimum absolute atomic E-state index is 0.0248. The maximum atomic E-state index is 13.1. The van der Waals surface area contributed by atoms with Gasteiger partial charge >= 0.3 is 0 Å². The standard InChI is InChI=1S/C25H32ClN3O3/c1-17(2)14-28(3)25(32)22-16-29(20-6-4-5-7-20)15-21(23(22)30)24(31)27-13-12-18-8-10-19(26)11-9-18/h8-11,15-17,20H,4-7,12-14H2,1-3H3,(H,27,31). The van der Waals surface area contributed by atoms with Crippen LogP contribution in [0, 0.1) is 5.92 Å². The van der Waals surface area contributed by atoms with Gasteiger partial charge in [-0.1, -0.05) is 50.4 Å². The zero-order chi connectivity index (χ0) is 23.3. The molecule has 1 saturated carbocycles. The van der Waals surface area contributed by atoms with Gasteiger partial charge in [0.05, 0.1) is 0 Å². The third-order valence-electron chi connectivity index (χ3n) is 5.87. The van der Waals surface area contributed by atoms with E-state index < -0.39 is 11.3 Å². The maximum Gasteiger partial charge on any atom is 0.259 e. The fourth-order valence-corrected chi connectivity index (χ4v) is 4.35. The molecule has 1 aromatic heterocycles. The summed E-state index contributed by atoms with van der Waals surface area (Å²) in [6.07, 6.45) is 8.06. The van der Waals surface area contributed by atoms with Crippen LogP contribution in [0.25, 0.3) is 0 Å². The quantitative estimate of drug-likeness (QED) is 0.641. The molecule has 1 fully saturated rings. The van der Waals surface area contributed by atoms with Gasteiger partial charge in [0, 0.05) is 43.6 Å². The zero-order valence-electron chi connectivity index (χ0n) is 19.1. The Hall–Kier alpha value is -2.60. The lowest BCUT2D eigenvalue weighted by molar-refractivity contribution is 0.0776. The van der Waals surface area contributed by atoms with E-state index >= 15 is 0 Å². The van der Waals surface area contributed by atoms with Crippen LogP contribution in [0.1, 0.15) is 71.9 Å². The number of rotatable bonds is 8. The summed E-state index contributed by atoms with van der Waals surface area (Å²) in [4.78, 5) is 40.7. The molecule has 2 aromatic rings. The van der Waals surface area contributed by atoms with Crippen LogP contribution in [0.5, 0.6) is 0 Å². The SMILES string of the molecule is CC(C)CN(C)C(=O)c1cn(C2CCCC2)cc(C(=O)NCCc2ccc(Cl)cc2)c1=O. The summed E-state index contributed by atoms with van der Waals surface area (Å²) in [5, 5.41) is 3.50. The van der Waals surface area contributed by atoms with Crippen molar-refractivity contribution in [1.82, 2.24) is 14.8 Å². The van der Waals surface area contributed by atoms with Crippen molar-refractivity contribution in [1.29, 1.82) is 0 Å². The molecule has 2 amide bonds. The molecular weight excluding hydrogens is 426 g/mol. The number of amides is 2. The second kappa shape index (κ2) is 10.8. The molecule has 172 valence electrons. The summed E-state index contributed by atoms with van der Waals surface area (Å²) in [7, 11) is 1.69. The van der Waals surface area contributed by atoms with Gasteiger partial charge in [0.2, 0.25) is 5.43 Å². The van der Waals surface area contributed by atoms with Gasteiger partial charge in [0.1, 0.15) is 11.1 Å². The predicted octanol–water partition coefficient (Wildman–Crippen LogP) is 4.32. The van der Waals surface area contributed by atoms with Gasteiger partial charge in [-0.25, -0.2) is 0 Å². The summed E-state index contributed by atoms with van der Waals surface area (Å²) in [6.45, 7) is 4.96. The van der Waals surface area contributed by atoms with Crippen molar-refractivity contribution in [2.24, 2.45) is 5.92 Å². The fraction of sp³-hybridized carbons (Fsp3) is 0.480. The van der Waals surface area contributed by atoms with Gasteiger partial charge in [-0.15, -0.1) is 0 Å². The number of pyridine rings is 1. The molecule has 1 aliphatic rings. The van der Waals surface area contributed by atoms with Crippen LogP contribution in [0.2, 0.25) is 5.02 Å². The van der Waals surface area contributed by atoms with Crippen LogP contribution in [0.4, 0.5) is 0 Å². The predicted molar refractivity (Wildman–Crippen MR) is 127 cm³/mol. The molecule has 0 bridgehead atoms. The number of carbonyl (C=O) groups excluding carboxylic acids is 2. The van der Waals surface area contributed by atoms with Crippen LogP contribution in [-0.4, -0.2) is 41.4 Å². The maximum absolute atomic E-state index is 13.1. The van der Waals surface area contributed by atoms with Crippen LogP contribution >= 0.6 is 11.6 Å². The Morgan fingerprint density at radius 2 is 1.75 bits per heavy atom. The third kappa shape index (κ3) is 6.00. The first kappa shape index (κ1) is 24.1. The second-order valence-corrected chi connectivity index (χ2v) is 9.45. The Balaban J connectivity index is 1.83. The zero-order valence-corrected chi connectivity index (χ0v) is 19.8. The molecular formula is C25H32ClN3O3. The molecule has 1 aromatic carbocycles. The van der Waals surface area contributed by atoms with Gasteiger partial charge in [-0.05, 0) is 42.9 Å². The van der Waals surface area contributed by atoms with Crippen LogP contribution in [-0.2, 0) is 6.42 Å². The van der Waals surface area contributed by atoms with Gasteiger partial charge in [0.15, 0.2) is 0 Å². The Morgan fingerprint density at radius 3 is 2.38 bits per heavy atom. The summed E-state index contributed by atoms with van der Waals surface area (Å²) in [6, 6.07) is 7.64. The van der Waals surface area contributed by atoms with Gasteiger partial charge in [0.25, 0.3) is 11.8 Å². The van der Waals surface area contributed by atoms with Crippen molar-refractivity contribution >= 4 is 23.4 Å². The Bertz CT molecular complexity index is 1010. The highest BCUT2D eigenvalue weighted by molar-refractivity contribution is 6.30. The Kier molecular flexibility index (Phi) is 8.13. The molecule has 7 heteroatoms. The van der Waals surface area contributed by atoms with E-state index in [9.17, 15) is 14.4 Å². The average molecular weight is 458 g/mol. The number of hydrogen-bond donors (Lipinski definition) is 1. The van der Waals surface area contributed by atoms with E-state index in [-0.39, 0.29) is 29.0 Å². The fourth-order valence-electron chi connectivity index (χ4n) is 4.23. The largest absolute Gasteiger partial charge is 0.352 e. The molecule has 0 saturated heterocycles. The van der Waals surface area contributed by atoms with Crippen LogP contribution < -0.4 is 10.7 Å². The second-order valence-electron chi connectivity index (χ2n) is 9.01. The number of aromatic nitrogens is 1. The molecule has 0 spiro atoms. The minimum Gasteiger partial charge on any atom is -0.352 e. The minimum atomic E-state index is -0.510. The Morgan fingerprint density at radius 1 is 1.12 bits per heavy atom. The van der Waals surface area contributed by atoms with E-state index in [0.717, 1.165) is 31.2 Å². The van der Waals surface area contributed by atoms with Crippen LogP contribution in [0.3, 0.4) is 0 Å². The van der Waals surface area contributed by atoms with Crippen molar-refractivity contribution < 1.29 is 9.59 Å². The number of carbonyl (C=O) groups is 2. The first-order valence-electron chi connectivity index (χ1n) is 11.3.